The molecule has 0 saturated heterocycles. The molecule has 0 bridgehead atoms. The van der Waals surface area contributed by atoms with Gasteiger partial charge in [-0.1, -0.05) is 27.5 Å². The summed E-state index contributed by atoms with van der Waals surface area (Å²) in [5.41, 5.74) is 7.92. The van der Waals surface area contributed by atoms with Crippen LogP contribution in [-0.4, -0.2) is 22.4 Å². The summed E-state index contributed by atoms with van der Waals surface area (Å²) in [5, 5.41) is 11.8. The lowest BCUT2D eigenvalue weighted by molar-refractivity contribution is -0.136. The Bertz CT molecular complexity index is 191. The SMILES string of the molecule is [N-]=[N+]=NCCCCC(Br)C(=O)O. The maximum atomic E-state index is 10.3. The molecule has 68 valence electrons. The van der Waals surface area contributed by atoms with E-state index < -0.39 is 10.8 Å². The molecule has 0 heterocycles. The van der Waals surface area contributed by atoms with Crippen LogP contribution in [0, 0.1) is 0 Å². The average molecular weight is 236 g/mol. The normalized spacial score (nSPS) is 11.8. The summed E-state index contributed by atoms with van der Waals surface area (Å²) in [6.45, 7) is 0.440. The van der Waals surface area contributed by atoms with Crippen LogP contribution >= 0.6 is 15.9 Å². The zero-order valence-electron chi connectivity index (χ0n) is 6.48. The van der Waals surface area contributed by atoms with Crippen molar-refractivity contribution in [2.24, 2.45) is 5.11 Å². The fourth-order valence-electron chi connectivity index (χ4n) is 0.674. The van der Waals surface area contributed by atoms with Gasteiger partial charge in [-0.25, -0.2) is 0 Å². The van der Waals surface area contributed by atoms with Gasteiger partial charge in [-0.05, 0) is 18.4 Å². The van der Waals surface area contributed by atoms with Crippen molar-refractivity contribution >= 4 is 21.9 Å². The van der Waals surface area contributed by atoms with E-state index in [-0.39, 0.29) is 0 Å². The van der Waals surface area contributed by atoms with Crippen LogP contribution in [-0.2, 0) is 4.79 Å². The maximum Gasteiger partial charge on any atom is 0.317 e. The van der Waals surface area contributed by atoms with Crippen molar-refractivity contribution in [2.45, 2.75) is 24.1 Å². The summed E-state index contributed by atoms with van der Waals surface area (Å²) in [7, 11) is 0. The Labute approximate surface area is 78.5 Å². The van der Waals surface area contributed by atoms with Crippen LogP contribution in [0.5, 0.6) is 0 Å². The standard InChI is InChI=1S/C6H10BrN3O2/c7-5(6(11)12)3-1-2-4-9-10-8/h5H,1-4H2,(H,11,12). The van der Waals surface area contributed by atoms with Crippen LogP contribution in [0.15, 0.2) is 5.11 Å². The van der Waals surface area contributed by atoms with Crippen LogP contribution < -0.4 is 0 Å². The predicted molar refractivity (Wildman–Crippen MR) is 48.2 cm³/mol. The molecular formula is C6H10BrN3O2. The van der Waals surface area contributed by atoms with Gasteiger partial charge < -0.3 is 5.11 Å². The van der Waals surface area contributed by atoms with Crippen molar-refractivity contribution in [1.29, 1.82) is 0 Å². The number of halogens is 1. The summed E-state index contributed by atoms with van der Waals surface area (Å²) in [6, 6.07) is 0. The second-order valence-electron chi connectivity index (χ2n) is 2.26. The molecule has 0 aliphatic rings. The van der Waals surface area contributed by atoms with E-state index in [0.717, 1.165) is 12.8 Å². The molecule has 0 aliphatic carbocycles. The van der Waals surface area contributed by atoms with Crippen LogP contribution in [0.4, 0.5) is 0 Å². The zero-order valence-corrected chi connectivity index (χ0v) is 8.07. The van der Waals surface area contributed by atoms with E-state index in [0.29, 0.717) is 13.0 Å². The Morgan fingerprint density at radius 3 is 2.83 bits per heavy atom. The number of azide groups is 1. The third kappa shape index (κ3) is 6.00. The van der Waals surface area contributed by atoms with E-state index >= 15 is 0 Å². The Hall–Kier alpha value is -0.740. The van der Waals surface area contributed by atoms with Crippen molar-refractivity contribution in [1.82, 2.24) is 0 Å². The minimum Gasteiger partial charge on any atom is -0.480 e. The molecule has 6 heteroatoms. The highest BCUT2D eigenvalue weighted by Crippen LogP contribution is 2.09. The fraction of sp³-hybridized carbons (Fsp3) is 0.833. The molecule has 0 aromatic heterocycles. The summed E-state index contributed by atoms with van der Waals surface area (Å²) in [5.74, 6) is -0.848. The van der Waals surface area contributed by atoms with E-state index in [4.69, 9.17) is 10.6 Å². The van der Waals surface area contributed by atoms with E-state index in [9.17, 15) is 4.79 Å². The van der Waals surface area contributed by atoms with Gasteiger partial charge in [0.25, 0.3) is 0 Å². The Morgan fingerprint density at radius 2 is 2.33 bits per heavy atom. The first-order valence-corrected chi connectivity index (χ1v) is 4.47. The Balaban J connectivity index is 3.31. The Kier molecular flexibility index (Phi) is 6.51. The quantitative estimate of drug-likeness (QED) is 0.252. The lowest BCUT2D eigenvalue weighted by Gasteiger charge is -2.01. The molecule has 0 aliphatic heterocycles. The third-order valence-electron chi connectivity index (χ3n) is 1.30. The molecule has 5 nitrogen and oxygen atoms in total. The number of carboxylic acids is 1. The maximum absolute atomic E-state index is 10.3. The predicted octanol–water partition coefficient (Wildman–Crippen LogP) is 2.32. The fourth-order valence-corrected chi connectivity index (χ4v) is 0.998. The van der Waals surface area contributed by atoms with Gasteiger partial charge in [0.2, 0.25) is 0 Å². The minimum absolute atomic E-state index is 0.440. The average Bonchev–Trinajstić information content (AvgIpc) is 2.03. The van der Waals surface area contributed by atoms with Crippen LogP contribution in [0.3, 0.4) is 0 Å². The van der Waals surface area contributed by atoms with Gasteiger partial charge in [-0.3, -0.25) is 4.79 Å². The van der Waals surface area contributed by atoms with Gasteiger partial charge in [0.05, 0.1) is 0 Å². The van der Waals surface area contributed by atoms with Gasteiger partial charge in [0.1, 0.15) is 4.83 Å². The molecule has 0 amide bonds. The van der Waals surface area contributed by atoms with E-state index in [2.05, 4.69) is 26.0 Å². The Morgan fingerprint density at radius 1 is 1.67 bits per heavy atom. The lowest BCUT2D eigenvalue weighted by Crippen LogP contribution is -2.12. The van der Waals surface area contributed by atoms with Gasteiger partial charge in [-0.2, -0.15) is 0 Å². The number of aliphatic carboxylic acids is 1. The molecule has 1 unspecified atom stereocenters. The van der Waals surface area contributed by atoms with E-state index in [1.54, 1.807) is 0 Å². The van der Waals surface area contributed by atoms with E-state index in [1.807, 2.05) is 0 Å². The van der Waals surface area contributed by atoms with E-state index in [1.165, 1.54) is 0 Å². The zero-order chi connectivity index (χ0) is 9.40. The third-order valence-corrected chi connectivity index (χ3v) is 2.15. The number of hydrogen-bond acceptors (Lipinski definition) is 2. The molecule has 0 spiro atoms. The number of carboxylic acid groups (broad SMARTS) is 1. The van der Waals surface area contributed by atoms with Gasteiger partial charge >= 0.3 is 5.97 Å². The summed E-state index contributed by atoms with van der Waals surface area (Å²) >= 11 is 3.01. The number of unbranched alkanes of at least 4 members (excludes halogenated alkanes) is 1. The van der Waals surface area contributed by atoms with Crippen molar-refractivity contribution < 1.29 is 9.90 Å². The van der Waals surface area contributed by atoms with Crippen molar-refractivity contribution in [2.75, 3.05) is 6.54 Å². The summed E-state index contributed by atoms with van der Waals surface area (Å²) in [6.07, 6.45) is 2.05. The highest BCUT2D eigenvalue weighted by Gasteiger charge is 2.11. The van der Waals surface area contributed by atoms with Gasteiger partial charge in [0.15, 0.2) is 0 Å². The molecule has 0 fully saturated rings. The van der Waals surface area contributed by atoms with Crippen molar-refractivity contribution in [3.8, 4) is 0 Å². The first-order valence-electron chi connectivity index (χ1n) is 3.56. The van der Waals surface area contributed by atoms with Gasteiger partial charge in [0, 0.05) is 11.5 Å². The van der Waals surface area contributed by atoms with Crippen molar-refractivity contribution in [3.05, 3.63) is 10.4 Å². The molecule has 0 aromatic rings. The molecule has 1 atom stereocenters. The first-order chi connectivity index (χ1) is 5.68. The number of carbonyl (C=O) groups is 1. The number of alkyl halides is 1. The molecular weight excluding hydrogens is 226 g/mol. The second-order valence-corrected chi connectivity index (χ2v) is 3.36. The highest BCUT2D eigenvalue weighted by molar-refractivity contribution is 9.10. The minimum atomic E-state index is -0.848. The topological polar surface area (TPSA) is 86.1 Å². The van der Waals surface area contributed by atoms with Crippen LogP contribution in [0.1, 0.15) is 19.3 Å². The highest BCUT2D eigenvalue weighted by atomic mass is 79.9. The molecule has 0 radical (unpaired) electrons. The smallest absolute Gasteiger partial charge is 0.317 e. The summed E-state index contributed by atoms with van der Waals surface area (Å²) in [4.78, 5) is 12.4. The van der Waals surface area contributed by atoms with Crippen LogP contribution in [0.2, 0.25) is 0 Å². The molecule has 0 saturated carbocycles. The largest absolute Gasteiger partial charge is 0.480 e. The second kappa shape index (κ2) is 6.94. The number of rotatable bonds is 6. The number of nitrogens with zero attached hydrogens (tertiary/aromatic N) is 3. The molecule has 12 heavy (non-hydrogen) atoms. The molecule has 1 N–H and O–H groups in total. The summed E-state index contributed by atoms with van der Waals surface area (Å²) < 4.78 is 0. The first kappa shape index (κ1) is 11.3. The monoisotopic (exact) mass is 235 g/mol. The number of hydrogen-bond donors (Lipinski definition) is 1. The molecule has 0 rings (SSSR count). The van der Waals surface area contributed by atoms with Crippen LogP contribution in [0.25, 0.3) is 10.4 Å². The van der Waals surface area contributed by atoms with Crippen molar-refractivity contribution in [3.63, 3.8) is 0 Å². The van der Waals surface area contributed by atoms with Gasteiger partial charge in [-0.15, -0.1) is 0 Å². The molecule has 0 aromatic carbocycles. The lowest BCUT2D eigenvalue weighted by atomic mass is 10.2.